The quantitative estimate of drug-likeness (QED) is 0.367. The fourth-order valence-electron chi connectivity index (χ4n) is 1.92. The molecule has 1 rings (SSSR count). The topological polar surface area (TPSA) is 43.1 Å². The fourth-order valence-corrected chi connectivity index (χ4v) is 1.92. The highest BCUT2D eigenvalue weighted by molar-refractivity contribution is 4.94. The van der Waals surface area contributed by atoms with Crippen molar-refractivity contribution >= 4 is 0 Å². The summed E-state index contributed by atoms with van der Waals surface area (Å²) in [5.74, 6) is 1.24. The highest BCUT2D eigenvalue weighted by Crippen LogP contribution is 2.40. The van der Waals surface area contributed by atoms with Crippen molar-refractivity contribution in [3.63, 3.8) is 0 Å². The maximum atomic E-state index is 10.2. The van der Waals surface area contributed by atoms with Gasteiger partial charge in [-0.25, -0.2) is 0 Å². The summed E-state index contributed by atoms with van der Waals surface area (Å²) in [6, 6.07) is 0. The van der Waals surface area contributed by atoms with Crippen LogP contribution in [0.3, 0.4) is 0 Å². The first-order valence-electron chi connectivity index (χ1n) is 4.39. The molecule has 0 N–H and O–H groups in total. The molecule has 3 atom stereocenters. The van der Waals surface area contributed by atoms with E-state index >= 15 is 0 Å². The molecule has 0 aromatic carbocycles. The molecule has 1 fully saturated rings. The second-order valence-electron chi connectivity index (χ2n) is 3.63. The van der Waals surface area contributed by atoms with Gasteiger partial charge in [0.1, 0.15) is 0 Å². The first-order valence-corrected chi connectivity index (χ1v) is 4.39. The third kappa shape index (κ3) is 1.84. The van der Waals surface area contributed by atoms with Crippen LogP contribution >= 0.6 is 0 Å². The van der Waals surface area contributed by atoms with Gasteiger partial charge in [-0.05, 0) is 24.7 Å². The summed E-state index contributed by atoms with van der Waals surface area (Å²) in [6.45, 7) is 5.79. The SMILES string of the molecule is C=CC1CCC1C(C)C[N+](=O)[O-]. The summed E-state index contributed by atoms with van der Waals surface area (Å²) in [7, 11) is 0. The van der Waals surface area contributed by atoms with Gasteiger partial charge in [0.2, 0.25) is 6.54 Å². The van der Waals surface area contributed by atoms with Crippen LogP contribution in [0.1, 0.15) is 19.8 Å². The lowest BCUT2D eigenvalue weighted by molar-refractivity contribution is -0.490. The van der Waals surface area contributed by atoms with Crippen molar-refractivity contribution in [1.29, 1.82) is 0 Å². The molecule has 3 unspecified atom stereocenters. The first-order chi connectivity index (χ1) is 5.65. The molecule has 0 saturated heterocycles. The Morgan fingerprint density at radius 1 is 1.75 bits per heavy atom. The van der Waals surface area contributed by atoms with Crippen LogP contribution in [-0.2, 0) is 0 Å². The normalized spacial score (nSPS) is 30.4. The van der Waals surface area contributed by atoms with Crippen LogP contribution in [0, 0.1) is 27.9 Å². The van der Waals surface area contributed by atoms with E-state index < -0.39 is 0 Å². The lowest BCUT2D eigenvalue weighted by Crippen LogP contribution is -2.33. The average Bonchev–Trinajstić information content (AvgIpc) is 1.83. The van der Waals surface area contributed by atoms with Crippen molar-refractivity contribution < 1.29 is 4.92 Å². The minimum atomic E-state index is -0.219. The van der Waals surface area contributed by atoms with Crippen molar-refractivity contribution in [2.75, 3.05) is 6.54 Å². The van der Waals surface area contributed by atoms with Crippen LogP contribution in [-0.4, -0.2) is 11.5 Å². The largest absolute Gasteiger partial charge is 0.265 e. The van der Waals surface area contributed by atoms with Crippen LogP contribution in [0.25, 0.3) is 0 Å². The average molecular weight is 169 g/mol. The molecular formula is C9H15NO2. The molecule has 3 nitrogen and oxygen atoms in total. The van der Waals surface area contributed by atoms with Crippen LogP contribution < -0.4 is 0 Å². The van der Waals surface area contributed by atoms with E-state index in [0.717, 1.165) is 12.8 Å². The van der Waals surface area contributed by atoms with E-state index in [1.807, 2.05) is 13.0 Å². The van der Waals surface area contributed by atoms with Crippen molar-refractivity contribution in [2.45, 2.75) is 19.8 Å². The number of nitro groups is 1. The molecule has 0 heterocycles. The molecule has 0 aliphatic heterocycles. The summed E-state index contributed by atoms with van der Waals surface area (Å²) in [5.41, 5.74) is 0. The Morgan fingerprint density at radius 2 is 2.42 bits per heavy atom. The predicted octanol–water partition coefficient (Wildman–Crippen LogP) is 2.11. The Balaban J connectivity index is 2.36. The molecule has 68 valence electrons. The standard InChI is InChI=1S/C9H15NO2/c1-3-8-4-5-9(8)7(2)6-10(11)12/h3,7-9H,1,4-6H2,2H3. The Labute approximate surface area is 72.6 Å². The van der Waals surface area contributed by atoms with Gasteiger partial charge in [0.05, 0.1) is 0 Å². The van der Waals surface area contributed by atoms with E-state index in [0.29, 0.717) is 11.8 Å². The third-order valence-corrected chi connectivity index (χ3v) is 2.85. The molecule has 0 bridgehead atoms. The Bertz CT molecular complexity index is 191. The maximum absolute atomic E-state index is 10.2. The van der Waals surface area contributed by atoms with Gasteiger partial charge in [-0.15, -0.1) is 6.58 Å². The van der Waals surface area contributed by atoms with E-state index in [9.17, 15) is 10.1 Å². The van der Waals surface area contributed by atoms with Crippen LogP contribution in [0.2, 0.25) is 0 Å². The minimum absolute atomic E-state index is 0.106. The van der Waals surface area contributed by atoms with Gasteiger partial charge in [-0.1, -0.05) is 13.0 Å². The lowest BCUT2D eigenvalue weighted by Gasteiger charge is -2.37. The molecule has 3 heteroatoms. The molecule has 0 aromatic heterocycles. The van der Waals surface area contributed by atoms with E-state index in [1.54, 1.807) is 0 Å². The summed E-state index contributed by atoms with van der Waals surface area (Å²) >= 11 is 0. The van der Waals surface area contributed by atoms with Crippen molar-refractivity contribution in [3.05, 3.63) is 22.8 Å². The van der Waals surface area contributed by atoms with Gasteiger partial charge in [-0.3, -0.25) is 10.1 Å². The number of rotatable bonds is 4. The fraction of sp³-hybridized carbons (Fsp3) is 0.778. The third-order valence-electron chi connectivity index (χ3n) is 2.85. The Morgan fingerprint density at radius 3 is 2.75 bits per heavy atom. The van der Waals surface area contributed by atoms with Gasteiger partial charge >= 0.3 is 0 Å². The van der Waals surface area contributed by atoms with Gasteiger partial charge in [0, 0.05) is 10.8 Å². The monoisotopic (exact) mass is 169 g/mol. The van der Waals surface area contributed by atoms with E-state index in [1.165, 1.54) is 0 Å². The summed E-state index contributed by atoms with van der Waals surface area (Å²) < 4.78 is 0. The van der Waals surface area contributed by atoms with Crippen LogP contribution in [0.15, 0.2) is 12.7 Å². The smallest absolute Gasteiger partial charge is 0.206 e. The number of hydrogen-bond acceptors (Lipinski definition) is 2. The number of allylic oxidation sites excluding steroid dienone is 1. The van der Waals surface area contributed by atoms with Crippen molar-refractivity contribution in [2.24, 2.45) is 17.8 Å². The number of nitrogens with zero attached hydrogens (tertiary/aromatic N) is 1. The Hall–Kier alpha value is -0.860. The van der Waals surface area contributed by atoms with Gasteiger partial charge in [0.25, 0.3) is 0 Å². The summed E-state index contributed by atoms with van der Waals surface area (Å²) in [6.07, 6.45) is 4.23. The molecule has 0 amide bonds. The van der Waals surface area contributed by atoms with E-state index in [-0.39, 0.29) is 17.4 Å². The molecule has 12 heavy (non-hydrogen) atoms. The zero-order valence-electron chi connectivity index (χ0n) is 7.40. The molecule has 0 spiro atoms. The van der Waals surface area contributed by atoms with Gasteiger partial charge < -0.3 is 0 Å². The highest BCUT2D eigenvalue weighted by Gasteiger charge is 2.34. The van der Waals surface area contributed by atoms with Crippen LogP contribution in [0.4, 0.5) is 0 Å². The minimum Gasteiger partial charge on any atom is -0.265 e. The molecule has 0 radical (unpaired) electrons. The zero-order valence-corrected chi connectivity index (χ0v) is 7.40. The number of hydrogen-bond donors (Lipinski definition) is 0. The first kappa shape index (κ1) is 9.23. The predicted molar refractivity (Wildman–Crippen MR) is 47.4 cm³/mol. The maximum Gasteiger partial charge on any atom is 0.206 e. The molecule has 1 aliphatic rings. The van der Waals surface area contributed by atoms with E-state index in [2.05, 4.69) is 6.58 Å². The molecular weight excluding hydrogens is 154 g/mol. The van der Waals surface area contributed by atoms with E-state index in [4.69, 9.17) is 0 Å². The molecule has 0 aromatic rings. The lowest BCUT2D eigenvalue weighted by atomic mass is 9.67. The summed E-state index contributed by atoms with van der Waals surface area (Å²) in [5, 5.41) is 10.2. The zero-order chi connectivity index (χ0) is 9.14. The van der Waals surface area contributed by atoms with Crippen LogP contribution in [0.5, 0.6) is 0 Å². The summed E-state index contributed by atoms with van der Waals surface area (Å²) in [4.78, 5) is 10.0. The molecule has 1 aliphatic carbocycles. The molecule has 1 saturated carbocycles. The highest BCUT2D eigenvalue weighted by atomic mass is 16.6. The van der Waals surface area contributed by atoms with Crippen molar-refractivity contribution in [3.8, 4) is 0 Å². The second kappa shape index (κ2) is 3.70. The van der Waals surface area contributed by atoms with Crippen molar-refractivity contribution in [1.82, 2.24) is 0 Å². The Kier molecular flexibility index (Phi) is 2.84. The van der Waals surface area contributed by atoms with Gasteiger partial charge in [0.15, 0.2) is 0 Å². The second-order valence-corrected chi connectivity index (χ2v) is 3.63. The van der Waals surface area contributed by atoms with Gasteiger partial charge in [-0.2, -0.15) is 0 Å².